The Morgan fingerprint density at radius 3 is 3.14 bits per heavy atom. The molecule has 1 fully saturated rings. The molecule has 1 aliphatic rings. The van der Waals surface area contributed by atoms with Gasteiger partial charge in [0.05, 0.1) is 25.1 Å². The number of nitrogens with one attached hydrogen (secondary N) is 1. The molecule has 1 N–H and O–H groups in total. The number of carbonyl (C=O) groups excluding carboxylic acids is 1. The number of ether oxygens (including phenoxy) is 1. The first-order chi connectivity index (χ1) is 6.74. The summed E-state index contributed by atoms with van der Waals surface area (Å²) in [5, 5.41) is 11.2. The molecule has 0 aromatic heterocycles. The molecule has 1 unspecified atom stereocenters. The number of urea groups is 1. The highest BCUT2D eigenvalue weighted by Gasteiger charge is 2.19. The molecular weight excluding hydrogens is 182 g/mol. The van der Waals surface area contributed by atoms with Gasteiger partial charge in [0.25, 0.3) is 0 Å². The van der Waals surface area contributed by atoms with Crippen molar-refractivity contribution in [1.82, 2.24) is 10.2 Å². The number of nitriles is 1. The lowest BCUT2D eigenvalue weighted by Crippen LogP contribution is -2.43. The molecule has 0 spiro atoms. The van der Waals surface area contributed by atoms with E-state index < -0.39 is 0 Å². The van der Waals surface area contributed by atoms with Crippen LogP contribution in [-0.4, -0.2) is 43.8 Å². The molecule has 1 atom stereocenters. The van der Waals surface area contributed by atoms with E-state index in [0.717, 1.165) is 6.42 Å². The molecule has 2 amide bonds. The maximum Gasteiger partial charge on any atom is 0.317 e. The molecule has 0 saturated carbocycles. The van der Waals surface area contributed by atoms with E-state index in [1.165, 1.54) is 4.90 Å². The Bertz CT molecular complexity index is 231. The molecule has 78 valence electrons. The van der Waals surface area contributed by atoms with E-state index in [-0.39, 0.29) is 12.1 Å². The van der Waals surface area contributed by atoms with E-state index in [1.807, 2.05) is 6.07 Å². The number of amides is 2. The van der Waals surface area contributed by atoms with Gasteiger partial charge < -0.3 is 15.0 Å². The zero-order valence-electron chi connectivity index (χ0n) is 8.32. The van der Waals surface area contributed by atoms with Crippen molar-refractivity contribution in [2.45, 2.75) is 18.9 Å². The Balaban J connectivity index is 2.22. The quantitative estimate of drug-likeness (QED) is 0.709. The molecule has 0 aromatic carbocycles. The van der Waals surface area contributed by atoms with Crippen LogP contribution in [0.2, 0.25) is 0 Å². The molecule has 0 aliphatic carbocycles. The molecule has 1 aliphatic heterocycles. The standard InChI is InChI=1S/C9H15N3O2/c1-12(5-2-4-10)9(13)11-8-3-6-14-7-8/h8H,2-3,5-7H2,1H3,(H,11,13). The normalized spacial score (nSPS) is 20.1. The van der Waals surface area contributed by atoms with Crippen molar-refractivity contribution in [2.24, 2.45) is 0 Å². The lowest BCUT2D eigenvalue weighted by atomic mass is 10.3. The zero-order valence-corrected chi connectivity index (χ0v) is 8.32. The molecule has 5 heteroatoms. The van der Waals surface area contributed by atoms with E-state index in [2.05, 4.69) is 5.32 Å². The second kappa shape index (κ2) is 5.45. The summed E-state index contributed by atoms with van der Waals surface area (Å²) in [5.74, 6) is 0. The summed E-state index contributed by atoms with van der Waals surface area (Å²) in [5.41, 5.74) is 0. The van der Waals surface area contributed by atoms with Crippen LogP contribution < -0.4 is 5.32 Å². The third-order valence-electron chi connectivity index (χ3n) is 2.16. The molecular formula is C9H15N3O2. The van der Waals surface area contributed by atoms with Crippen LogP contribution in [0.4, 0.5) is 4.79 Å². The SMILES string of the molecule is CN(CCC#N)C(=O)NC1CCOC1. The molecule has 0 aromatic rings. The van der Waals surface area contributed by atoms with Crippen LogP contribution in [0.25, 0.3) is 0 Å². The van der Waals surface area contributed by atoms with Gasteiger partial charge >= 0.3 is 6.03 Å². The minimum atomic E-state index is -0.129. The summed E-state index contributed by atoms with van der Waals surface area (Å²) < 4.78 is 5.13. The topological polar surface area (TPSA) is 65.4 Å². The first kappa shape index (κ1) is 10.8. The molecule has 1 saturated heterocycles. The Hall–Kier alpha value is -1.28. The molecule has 14 heavy (non-hydrogen) atoms. The third kappa shape index (κ3) is 3.23. The highest BCUT2D eigenvalue weighted by Crippen LogP contribution is 2.03. The predicted molar refractivity (Wildman–Crippen MR) is 50.6 cm³/mol. The van der Waals surface area contributed by atoms with Gasteiger partial charge in [0.2, 0.25) is 0 Å². The summed E-state index contributed by atoms with van der Waals surface area (Å²) in [4.78, 5) is 13.0. The Morgan fingerprint density at radius 1 is 1.79 bits per heavy atom. The highest BCUT2D eigenvalue weighted by molar-refractivity contribution is 5.74. The largest absolute Gasteiger partial charge is 0.379 e. The van der Waals surface area contributed by atoms with Crippen molar-refractivity contribution in [3.63, 3.8) is 0 Å². The summed E-state index contributed by atoms with van der Waals surface area (Å²) in [6, 6.07) is 2.00. The fourth-order valence-electron chi connectivity index (χ4n) is 1.25. The summed E-state index contributed by atoms with van der Waals surface area (Å²) in [6.07, 6.45) is 1.24. The van der Waals surface area contributed by atoms with Gasteiger partial charge in [0.1, 0.15) is 0 Å². The average Bonchev–Trinajstić information content (AvgIpc) is 2.66. The summed E-state index contributed by atoms with van der Waals surface area (Å²) in [7, 11) is 1.68. The van der Waals surface area contributed by atoms with E-state index in [9.17, 15) is 4.79 Å². The average molecular weight is 197 g/mol. The van der Waals surface area contributed by atoms with Crippen LogP contribution in [0.3, 0.4) is 0 Å². The van der Waals surface area contributed by atoms with Gasteiger partial charge in [-0.15, -0.1) is 0 Å². The number of nitrogens with zero attached hydrogens (tertiary/aromatic N) is 2. The van der Waals surface area contributed by atoms with Crippen LogP contribution >= 0.6 is 0 Å². The Kier molecular flexibility index (Phi) is 4.20. The lowest BCUT2D eigenvalue weighted by molar-refractivity contribution is 0.182. The second-order valence-corrected chi connectivity index (χ2v) is 3.34. The minimum Gasteiger partial charge on any atom is -0.379 e. The predicted octanol–water partition coefficient (Wildman–Crippen LogP) is 0.330. The van der Waals surface area contributed by atoms with Gasteiger partial charge in [0, 0.05) is 20.2 Å². The second-order valence-electron chi connectivity index (χ2n) is 3.34. The fraction of sp³-hybridized carbons (Fsp3) is 0.778. The Labute approximate surface area is 83.6 Å². The van der Waals surface area contributed by atoms with E-state index in [1.54, 1.807) is 7.05 Å². The van der Waals surface area contributed by atoms with Crippen LogP contribution in [0.15, 0.2) is 0 Å². The Morgan fingerprint density at radius 2 is 2.57 bits per heavy atom. The van der Waals surface area contributed by atoms with Crippen molar-refractivity contribution in [2.75, 3.05) is 26.8 Å². The maximum absolute atomic E-state index is 11.5. The van der Waals surface area contributed by atoms with Crippen LogP contribution in [0.1, 0.15) is 12.8 Å². The van der Waals surface area contributed by atoms with Crippen molar-refractivity contribution >= 4 is 6.03 Å². The van der Waals surface area contributed by atoms with Crippen LogP contribution in [0, 0.1) is 11.3 Å². The summed E-state index contributed by atoms with van der Waals surface area (Å²) in [6.45, 7) is 1.78. The van der Waals surface area contributed by atoms with Gasteiger partial charge in [-0.1, -0.05) is 0 Å². The van der Waals surface area contributed by atoms with Crippen molar-refractivity contribution in [3.8, 4) is 6.07 Å². The highest BCUT2D eigenvalue weighted by atomic mass is 16.5. The molecule has 1 heterocycles. The molecule has 0 bridgehead atoms. The smallest absolute Gasteiger partial charge is 0.317 e. The number of rotatable bonds is 3. The van der Waals surface area contributed by atoms with Gasteiger partial charge in [0.15, 0.2) is 0 Å². The van der Waals surface area contributed by atoms with E-state index in [0.29, 0.717) is 26.2 Å². The van der Waals surface area contributed by atoms with Gasteiger partial charge in [-0.05, 0) is 6.42 Å². The number of hydrogen-bond acceptors (Lipinski definition) is 3. The number of carbonyl (C=O) groups is 1. The first-order valence-electron chi connectivity index (χ1n) is 4.70. The lowest BCUT2D eigenvalue weighted by Gasteiger charge is -2.19. The van der Waals surface area contributed by atoms with Crippen LogP contribution in [0.5, 0.6) is 0 Å². The third-order valence-corrected chi connectivity index (χ3v) is 2.16. The van der Waals surface area contributed by atoms with Crippen molar-refractivity contribution in [3.05, 3.63) is 0 Å². The maximum atomic E-state index is 11.5. The zero-order chi connectivity index (χ0) is 10.4. The van der Waals surface area contributed by atoms with E-state index in [4.69, 9.17) is 10.00 Å². The van der Waals surface area contributed by atoms with Gasteiger partial charge in [-0.2, -0.15) is 5.26 Å². The number of hydrogen-bond donors (Lipinski definition) is 1. The van der Waals surface area contributed by atoms with E-state index >= 15 is 0 Å². The first-order valence-corrected chi connectivity index (χ1v) is 4.70. The fourth-order valence-corrected chi connectivity index (χ4v) is 1.25. The van der Waals surface area contributed by atoms with Crippen LogP contribution in [-0.2, 0) is 4.74 Å². The van der Waals surface area contributed by atoms with Crippen molar-refractivity contribution < 1.29 is 9.53 Å². The summed E-state index contributed by atoms with van der Waals surface area (Å²) >= 11 is 0. The van der Waals surface area contributed by atoms with Gasteiger partial charge in [-0.25, -0.2) is 4.79 Å². The molecule has 5 nitrogen and oxygen atoms in total. The van der Waals surface area contributed by atoms with Crippen molar-refractivity contribution in [1.29, 1.82) is 5.26 Å². The minimum absolute atomic E-state index is 0.129. The van der Waals surface area contributed by atoms with Gasteiger partial charge in [-0.3, -0.25) is 0 Å². The molecule has 1 rings (SSSR count). The molecule has 0 radical (unpaired) electrons. The monoisotopic (exact) mass is 197 g/mol.